The molecule has 2 aromatic rings. The number of aliphatic carboxylic acids is 1. The SMILES string of the molecule is CCOC(Cc1ccc(OCC=C(C)c2ccccn2)cc1)C(=O)O. The maximum absolute atomic E-state index is 11.1. The summed E-state index contributed by atoms with van der Waals surface area (Å²) >= 11 is 0. The Kier molecular flexibility index (Phi) is 7.16. The lowest BCUT2D eigenvalue weighted by Gasteiger charge is -2.12. The van der Waals surface area contributed by atoms with Gasteiger partial charge in [0.2, 0.25) is 0 Å². The van der Waals surface area contributed by atoms with Crippen LogP contribution in [0.4, 0.5) is 0 Å². The minimum Gasteiger partial charge on any atom is -0.490 e. The van der Waals surface area contributed by atoms with Crippen LogP contribution in [0.5, 0.6) is 5.75 Å². The number of pyridine rings is 1. The lowest BCUT2D eigenvalue weighted by molar-refractivity contribution is -0.149. The molecular formula is C20H23NO4. The highest BCUT2D eigenvalue weighted by Crippen LogP contribution is 2.15. The summed E-state index contributed by atoms with van der Waals surface area (Å²) in [5.74, 6) is -0.214. The number of hydrogen-bond acceptors (Lipinski definition) is 4. The van der Waals surface area contributed by atoms with Crippen molar-refractivity contribution in [1.29, 1.82) is 0 Å². The van der Waals surface area contributed by atoms with Gasteiger partial charge in [0, 0.05) is 19.2 Å². The van der Waals surface area contributed by atoms with Gasteiger partial charge in [0.15, 0.2) is 6.10 Å². The normalized spacial score (nSPS) is 12.6. The van der Waals surface area contributed by atoms with Gasteiger partial charge in [-0.2, -0.15) is 0 Å². The summed E-state index contributed by atoms with van der Waals surface area (Å²) in [6.07, 6.45) is 3.26. The third kappa shape index (κ3) is 6.04. The molecule has 1 atom stereocenters. The highest BCUT2D eigenvalue weighted by Gasteiger charge is 2.17. The zero-order valence-corrected chi connectivity index (χ0v) is 14.5. The second-order valence-electron chi connectivity index (χ2n) is 5.54. The zero-order valence-electron chi connectivity index (χ0n) is 14.5. The first kappa shape index (κ1) is 18.7. The maximum atomic E-state index is 11.1. The lowest BCUT2D eigenvalue weighted by Crippen LogP contribution is -2.26. The topological polar surface area (TPSA) is 68.7 Å². The van der Waals surface area contributed by atoms with Crippen molar-refractivity contribution in [3.63, 3.8) is 0 Å². The van der Waals surface area contributed by atoms with Crippen molar-refractivity contribution in [1.82, 2.24) is 4.98 Å². The number of carbonyl (C=O) groups is 1. The molecule has 1 aromatic heterocycles. The maximum Gasteiger partial charge on any atom is 0.333 e. The van der Waals surface area contributed by atoms with Gasteiger partial charge in [0.25, 0.3) is 0 Å². The predicted molar refractivity (Wildman–Crippen MR) is 96.6 cm³/mol. The Morgan fingerprint density at radius 3 is 2.60 bits per heavy atom. The fourth-order valence-electron chi connectivity index (χ4n) is 2.32. The van der Waals surface area contributed by atoms with Crippen molar-refractivity contribution in [3.8, 4) is 5.75 Å². The number of rotatable bonds is 9. The number of benzene rings is 1. The molecule has 0 radical (unpaired) electrons. The molecule has 5 heteroatoms. The fourth-order valence-corrected chi connectivity index (χ4v) is 2.32. The Balaban J connectivity index is 1.89. The molecular weight excluding hydrogens is 318 g/mol. The van der Waals surface area contributed by atoms with E-state index in [1.807, 2.05) is 55.5 Å². The second-order valence-corrected chi connectivity index (χ2v) is 5.54. The van der Waals surface area contributed by atoms with Crippen LogP contribution in [0, 0.1) is 0 Å². The van der Waals surface area contributed by atoms with Crippen molar-refractivity contribution < 1.29 is 19.4 Å². The van der Waals surface area contributed by atoms with Gasteiger partial charge in [-0.1, -0.05) is 18.2 Å². The van der Waals surface area contributed by atoms with Gasteiger partial charge in [0.05, 0.1) is 5.69 Å². The monoisotopic (exact) mass is 341 g/mol. The molecule has 0 fully saturated rings. The molecule has 0 aliphatic carbocycles. The first-order chi connectivity index (χ1) is 12.1. The van der Waals surface area contributed by atoms with Crippen LogP contribution in [-0.4, -0.2) is 35.4 Å². The van der Waals surface area contributed by atoms with E-state index >= 15 is 0 Å². The number of aromatic nitrogens is 1. The number of carboxylic acid groups (broad SMARTS) is 1. The minimum absolute atomic E-state index is 0.335. The number of nitrogens with zero attached hydrogens (tertiary/aromatic N) is 1. The number of ether oxygens (including phenoxy) is 2. The summed E-state index contributed by atoms with van der Waals surface area (Å²) in [5, 5.41) is 9.12. The molecule has 1 N–H and O–H groups in total. The minimum atomic E-state index is -0.947. The first-order valence-electron chi connectivity index (χ1n) is 8.24. The summed E-state index contributed by atoms with van der Waals surface area (Å²) in [4.78, 5) is 15.4. The van der Waals surface area contributed by atoms with Crippen LogP contribution in [-0.2, 0) is 16.0 Å². The van der Waals surface area contributed by atoms with E-state index in [0.29, 0.717) is 19.6 Å². The molecule has 1 unspecified atom stereocenters. The van der Waals surface area contributed by atoms with Crippen molar-refractivity contribution in [3.05, 3.63) is 66.0 Å². The van der Waals surface area contributed by atoms with E-state index in [2.05, 4.69) is 4.98 Å². The highest BCUT2D eigenvalue weighted by molar-refractivity contribution is 5.72. The summed E-state index contributed by atoms with van der Waals surface area (Å²) in [6.45, 7) is 4.60. The molecule has 0 saturated carbocycles. The number of allylic oxidation sites excluding steroid dienone is 1. The van der Waals surface area contributed by atoms with Crippen molar-refractivity contribution in [2.24, 2.45) is 0 Å². The van der Waals surface area contributed by atoms with Crippen LogP contribution in [0.3, 0.4) is 0 Å². The van der Waals surface area contributed by atoms with E-state index in [9.17, 15) is 4.79 Å². The molecule has 0 amide bonds. The smallest absolute Gasteiger partial charge is 0.333 e. The Bertz CT molecular complexity index is 695. The van der Waals surface area contributed by atoms with Crippen LogP contribution in [0.2, 0.25) is 0 Å². The average molecular weight is 341 g/mol. The molecule has 0 spiro atoms. The molecule has 0 bridgehead atoms. The van der Waals surface area contributed by atoms with Crippen LogP contribution in [0.1, 0.15) is 25.1 Å². The van der Waals surface area contributed by atoms with Crippen molar-refractivity contribution >= 4 is 11.5 Å². The molecule has 2 rings (SSSR count). The largest absolute Gasteiger partial charge is 0.490 e. The Hall–Kier alpha value is -2.66. The summed E-state index contributed by atoms with van der Waals surface area (Å²) < 4.78 is 10.9. The Labute approximate surface area is 147 Å². The van der Waals surface area contributed by atoms with Crippen LogP contribution >= 0.6 is 0 Å². The quantitative estimate of drug-likeness (QED) is 0.755. The molecule has 132 valence electrons. The van der Waals surface area contributed by atoms with Gasteiger partial charge in [-0.25, -0.2) is 4.79 Å². The first-order valence-corrected chi connectivity index (χ1v) is 8.24. The van der Waals surface area contributed by atoms with E-state index in [-0.39, 0.29) is 0 Å². The van der Waals surface area contributed by atoms with Gasteiger partial charge >= 0.3 is 5.97 Å². The van der Waals surface area contributed by atoms with E-state index in [4.69, 9.17) is 14.6 Å². The third-order valence-corrected chi connectivity index (χ3v) is 3.70. The van der Waals surface area contributed by atoms with E-state index in [0.717, 1.165) is 22.6 Å². The van der Waals surface area contributed by atoms with Gasteiger partial charge in [-0.3, -0.25) is 4.98 Å². The Morgan fingerprint density at radius 1 is 1.24 bits per heavy atom. The van der Waals surface area contributed by atoms with E-state index < -0.39 is 12.1 Å². The van der Waals surface area contributed by atoms with Crippen molar-refractivity contribution in [2.45, 2.75) is 26.4 Å². The molecule has 25 heavy (non-hydrogen) atoms. The van der Waals surface area contributed by atoms with Crippen molar-refractivity contribution in [2.75, 3.05) is 13.2 Å². The molecule has 1 aromatic carbocycles. The summed E-state index contributed by atoms with van der Waals surface area (Å²) in [7, 11) is 0. The molecule has 0 aliphatic heterocycles. The highest BCUT2D eigenvalue weighted by atomic mass is 16.5. The third-order valence-electron chi connectivity index (χ3n) is 3.70. The molecule has 0 saturated heterocycles. The fraction of sp³-hybridized carbons (Fsp3) is 0.300. The zero-order chi connectivity index (χ0) is 18.1. The van der Waals surface area contributed by atoms with Crippen LogP contribution in [0.25, 0.3) is 5.57 Å². The van der Waals surface area contributed by atoms with Gasteiger partial charge < -0.3 is 14.6 Å². The van der Waals surface area contributed by atoms with E-state index in [1.54, 1.807) is 13.1 Å². The lowest BCUT2D eigenvalue weighted by atomic mass is 10.1. The predicted octanol–water partition coefficient (Wildman–Crippen LogP) is 3.60. The van der Waals surface area contributed by atoms with Gasteiger partial charge in [-0.05, 0) is 55.3 Å². The van der Waals surface area contributed by atoms with E-state index in [1.165, 1.54) is 0 Å². The van der Waals surface area contributed by atoms with Gasteiger partial charge in [0.1, 0.15) is 12.4 Å². The Morgan fingerprint density at radius 2 is 2.00 bits per heavy atom. The van der Waals surface area contributed by atoms with Gasteiger partial charge in [-0.15, -0.1) is 0 Å². The molecule has 0 aliphatic rings. The summed E-state index contributed by atoms with van der Waals surface area (Å²) in [5.41, 5.74) is 2.88. The second kappa shape index (κ2) is 9.59. The molecule has 5 nitrogen and oxygen atoms in total. The molecule has 1 heterocycles. The van der Waals surface area contributed by atoms with Crippen LogP contribution in [0.15, 0.2) is 54.7 Å². The number of hydrogen-bond donors (Lipinski definition) is 1. The average Bonchev–Trinajstić information content (AvgIpc) is 2.63. The summed E-state index contributed by atoms with van der Waals surface area (Å²) in [6, 6.07) is 13.2. The van der Waals surface area contributed by atoms with Crippen LogP contribution < -0.4 is 4.74 Å². The standard InChI is InChI=1S/C20H23NO4/c1-3-24-19(20(22)23)14-16-7-9-17(10-8-16)25-13-11-15(2)18-6-4-5-12-21-18/h4-12,19H,3,13-14H2,1-2H3,(H,22,23). The number of carboxylic acids is 1.